The van der Waals surface area contributed by atoms with Crippen LogP contribution in [-0.2, 0) is 0 Å². The molecule has 0 aliphatic carbocycles. The molecular formula is C16H17FN4O2. The van der Waals surface area contributed by atoms with Gasteiger partial charge in [-0.15, -0.1) is 0 Å². The van der Waals surface area contributed by atoms with Gasteiger partial charge in [0, 0.05) is 19.7 Å². The van der Waals surface area contributed by atoms with E-state index in [0.717, 1.165) is 6.20 Å². The van der Waals surface area contributed by atoms with Crippen molar-refractivity contribution < 1.29 is 9.18 Å². The van der Waals surface area contributed by atoms with Crippen LogP contribution in [0.3, 0.4) is 0 Å². The SMILES string of the molecule is Cc1cccc(C)c1C(=O)n1cc(F)c(/N=C/N(C)C)nc1=O. The Hall–Kier alpha value is -2.83. The molecule has 0 amide bonds. The van der Waals surface area contributed by atoms with E-state index in [2.05, 4.69) is 9.98 Å². The smallest absolute Gasteiger partial charge is 0.356 e. The van der Waals surface area contributed by atoms with Crippen molar-refractivity contribution in [2.45, 2.75) is 13.8 Å². The zero-order valence-corrected chi connectivity index (χ0v) is 13.4. The van der Waals surface area contributed by atoms with Gasteiger partial charge in [-0.3, -0.25) is 4.79 Å². The zero-order valence-electron chi connectivity index (χ0n) is 13.4. The van der Waals surface area contributed by atoms with Crippen molar-refractivity contribution in [3.05, 3.63) is 57.4 Å². The first kappa shape index (κ1) is 16.5. The molecule has 7 heteroatoms. The first-order chi connectivity index (χ1) is 10.8. The van der Waals surface area contributed by atoms with Gasteiger partial charge in [0.15, 0.2) is 11.6 Å². The third-order valence-corrected chi connectivity index (χ3v) is 3.19. The van der Waals surface area contributed by atoms with E-state index in [0.29, 0.717) is 21.3 Å². The second-order valence-corrected chi connectivity index (χ2v) is 5.35. The number of aryl methyl sites for hydroxylation is 2. The molecular weight excluding hydrogens is 299 g/mol. The standard InChI is InChI=1S/C16H17FN4O2/c1-10-6-5-7-11(2)13(10)15(22)21-8-12(17)14(19-16(21)23)18-9-20(3)4/h5-9H,1-4H3/b18-9+. The summed E-state index contributed by atoms with van der Waals surface area (Å²) in [6.07, 6.45) is 2.15. The molecule has 2 aromatic rings. The fraction of sp³-hybridized carbons (Fsp3) is 0.250. The number of rotatable bonds is 3. The molecule has 0 fully saturated rings. The van der Waals surface area contributed by atoms with E-state index in [1.165, 1.54) is 6.34 Å². The first-order valence-electron chi connectivity index (χ1n) is 6.92. The Morgan fingerprint density at radius 1 is 1.30 bits per heavy atom. The molecule has 23 heavy (non-hydrogen) atoms. The Morgan fingerprint density at radius 3 is 2.48 bits per heavy atom. The Bertz CT molecular complexity index is 820. The number of aliphatic imine (C=N–C) groups is 1. The van der Waals surface area contributed by atoms with Crippen LogP contribution in [0.5, 0.6) is 0 Å². The van der Waals surface area contributed by atoms with E-state index in [1.807, 2.05) is 6.07 Å². The molecule has 0 aliphatic rings. The van der Waals surface area contributed by atoms with E-state index in [9.17, 15) is 14.0 Å². The highest BCUT2D eigenvalue weighted by Gasteiger charge is 2.18. The van der Waals surface area contributed by atoms with Crippen LogP contribution in [0.15, 0.2) is 34.2 Å². The Labute approximate surface area is 132 Å². The molecule has 0 saturated heterocycles. The molecule has 0 radical (unpaired) electrons. The van der Waals surface area contributed by atoms with Gasteiger partial charge in [0.25, 0.3) is 5.91 Å². The second kappa shape index (κ2) is 6.51. The third-order valence-electron chi connectivity index (χ3n) is 3.19. The second-order valence-electron chi connectivity index (χ2n) is 5.35. The number of carbonyl (C=O) groups excluding carboxylic acids is 1. The number of halogens is 1. The van der Waals surface area contributed by atoms with Crippen LogP contribution >= 0.6 is 0 Å². The third kappa shape index (κ3) is 3.50. The van der Waals surface area contributed by atoms with Gasteiger partial charge in [-0.1, -0.05) is 18.2 Å². The van der Waals surface area contributed by atoms with Gasteiger partial charge < -0.3 is 4.90 Å². The summed E-state index contributed by atoms with van der Waals surface area (Å²) in [7, 11) is 3.40. The van der Waals surface area contributed by atoms with Gasteiger partial charge in [-0.25, -0.2) is 18.7 Å². The summed E-state index contributed by atoms with van der Waals surface area (Å²) in [6.45, 7) is 3.51. The maximum absolute atomic E-state index is 14.1. The highest BCUT2D eigenvalue weighted by molar-refractivity contribution is 5.98. The van der Waals surface area contributed by atoms with Crippen molar-refractivity contribution in [1.29, 1.82) is 0 Å². The average Bonchev–Trinajstić information content (AvgIpc) is 2.47. The normalized spacial score (nSPS) is 11.0. The Kier molecular flexibility index (Phi) is 4.68. The molecule has 0 spiro atoms. The molecule has 0 N–H and O–H groups in total. The fourth-order valence-electron chi connectivity index (χ4n) is 2.10. The Balaban J connectivity index is 2.51. The van der Waals surface area contributed by atoms with Gasteiger partial charge >= 0.3 is 5.69 Å². The van der Waals surface area contributed by atoms with Crippen LogP contribution in [0.25, 0.3) is 0 Å². The van der Waals surface area contributed by atoms with Gasteiger partial charge in [-0.05, 0) is 25.0 Å². The quantitative estimate of drug-likeness (QED) is 0.641. The molecule has 1 heterocycles. The van der Waals surface area contributed by atoms with Crippen LogP contribution in [-0.4, -0.2) is 40.8 Å². The van der Waals surface area contributed by atoms with Crippen LogP contribution in [0.2, 0.25) is 0 Å². The van der Waals surface area contributed by atoms with Gasteiger partial charge in [-0.2, -0.15) is 4.98 Å². The summed E-state index contributed by atoms with van der Waals surface area (Å²) in [6, 6.07) is 5.32. The highest BCUT2D eigenvalue weighted by atomic mass is 19.1. The number of carbonyl (C=O) groups is 1. The molecule has 1 aromatic carbocycles. The molecule has 0 bridgehead atoms. The molecule has 0 unspecified atom stereocenters. The van der Waals surface area contributed by atoms with Gasteiger partial charge in [0.2, 0.25) is 0 Å². The predicted molar refractivity (Wildman–Crippen MR) is 85.9 cm³/mol. The maximum atomic E-state index is 14.1. The van der Waals surface area contributed by atoms with E-state index < -0.39 is 17.4 Å². The van der Waals surface area contributed by atoms with Crippen molar-refractivity contribution in [1.82, 2.24) is 14.5 Å². The summed E-state index contributed by atoms with van der Waals surface area (Å²) in [4.78, 5) is 33.5. The van der Waals surface area contributed by atoms with E-state index in [4.69, 9.17) is 0 Å². The number of hydrogen-bond acceptors (Lipinski definition) is 4. The lowest BCUT2D eigenvalue weighted by molar-refractivity contribution is 0.0951. The number of aromatic nitrogens is 2. The lowest BCUT2D eigenvalue weighted by Gasteiger charge is -2.10. The van der Waals surface area contributed by atoms with Crippen molar-refractivity contribution in [2.75, 3.05) is 14.1 Å². The number of hydrogen-bond donors (Lipinski definition) is 0. The van der Waals surface area contributed by atoms with Gasteiger partial charge in [0.05, 0.1) is 12.5 Å². The number of nitrogens with zero attached hydrogens (tertiary/aromatic N) is 4. The molecule has 6 nitrogen and oxygen atoms in total. The minimum atomic E-state index is -0.870. The summed E-state index contributed by atoms with van der Waals surface area (Å²) in [5.74, 6) is -1.81. The molecule has 0 atom stereocenters. The largest absolute Gasteiger partial charge is 0.369 e. The van der Waals surface area contributed by atoms with Crippen LogP contribution in [0.4, 0.5) is 10.2 Å². The van der Waals surface area contributed by atoms with Crippen molar-refractivity contribution in [2.24, 2.45) is 4.99 Å². The summed E-state index contributed by atoms with van der Waals surface area (Å²) in [5.41, 5.74) is 0.902. The fourth-order valence-corrected chi connectivity index (χ4v) is 2.10. The van der Waals surface area contributed by atoms with E-state index >= 15 is 0 Å². The van der Waals surface area contributed by atoms with Crippen molar-refractivity contribution in [3.63, 3.8) is 0 Å². The minimum absolute atomic E-state index is 0.353. The van der Waals surface area contributed by atoms with E-state index in [1.54, 1.807) is 45.0 Å². The Morgan fingerprint density at radius 2 is 1.91 bits per heavy atom. The average molecular weight is 316 g/mol. The maximum Gasteiger partial charge on any atom is 0.356 e. The van der Waals surface area contributed by atoms with Crippen LogP contribution in [0.1, 0.15) is 21.5 Å². The van der Waals surface area contributed by atoms with E-state index in [-0.39, 0.29) is 5.82 Å². The van der Waals surface area contributed by atoms with Crippen molar-refractivity contribution in [3.8, 4) is 0 Å². The van der Waals surface area contributed by atoms with Gasteiger partial charge in [0.1, 0.15) is 0 Å². The van der Waals surface area contributed by atoms with Crippen LogP contribution in [0, 0.1) is 19.7 Å². The monoisotopic (exact) mass is 316 g/mol. The minimum Gasteiger partial charge on any atom is -0.369 e. The lowest BCUT2D eigenvalue weighted by atomic mass is 10.0. The zero-order chi connectivity index (χ0) is 17.1. The van der Waals surface area contributed by atoms with Crippen LogP contribution < -0.4 is 5.69 Å². The summed E-state index contributed by atoms with van der Waals surface area (Å²) in [5, 5.41) is 0. The topological polar surface area (TPSA) is 67.6 Å². The lowest BCUT2D eigenvalue weighted by Crippen LogP contribution is -2.30. The molecule has 0 aliphatic heterocycles. The summed E-state index contributed by atoms with van der Waals surface area (Å²) < 4.78 is 14.7. The predicted octanol–water partition coefficient (Wildman–Crippen LogP) is 1.91. The number of benzene rings is 1. The summed E-state index contributed by atoms with van der Waals surface area (Å²) >= 11 is 0. The van der Waals surface area contributed by atoms with Crippen molar-refractivity contribution >= 4 is 18.1 Å². The molecule has 120 valence electrons. The molecule has 0 saturated carbocycles. The highest BCUT2D eigenvalue weighted by Crippen LogP contribution is 2.16. The molecule has 2 rings (SSSR count). The first-order valence-corrected chi connectivity index (χ1v) is 6.92. The molecule has 1 aromatic heterocycles.